The van der Waals surface area contributed by atoms with Gasteiger partial charge in [-0.05, 0) is 25.0 Å². The van der Waals surface area contributed by atoms with Crippen LogP contribution in [0.25, 0.3) is 0 Å². The minimum absolute atomic E-state index is 0.0705. The molecular formula is C16H14FNO4. The largest absolute Gasteiger partial charge is 0.508 e. The number of phenols is 1. The molecule has 0 saturated carbocycles. The van der Waals surface area contributed by atoms with Gasteiger partial charge >= 0.3 is 0 Å². The zero-order valence-corrected chi connectivity index (χ0v) is 11.7. The lowest BCUT2D eigenvalue weighted by Gasteiger charge is -2.06. The SMILES string of the molecule is O=C(Nc1ccc(O)cc1F)c1coc2c1C(=O)CCCC2. The number of phenolic OH excluding ortho intramolecular Hbond substituents is 1. The monoisotopic (exact) mass is 303 g/mol. The van der Waals surface area contributed by atoms with Crippen LogP contribution in [-0.2, 0) is 6.42 Å². The number of amides is 1. The Labute approximate surface area is 125 Å². The Morgan fingerprint density at radius 2 is 2.05 bits per heavy atom. The van der Waals surface area contributed by atoms with E-state index in [4.69, 9.17) is 9.52 Å². The number of carbonyl (C=O) groups is 2. The molecule has 3 rings (SSSR count). The molecule has 0 aliphatic heterocycles. The van der Waals surface area contributed by atoms with Gasteiger partial charge in [0.2, 0.25) is 0 Å². The predicted molar refractivity (Wildman–Crippen MR) is 76.6 cm³/mol. The highest BCUT2D eigenvalue weighted by molar-refractivity contribution is 6.13. The minimum atomic E-state index is -0.755. The molecule has 0 atom stereocenters. The Balaban J connectivity index is 1.90. The van der Waals surface area contributed by atoms with E-state index < -0.39 is 11.7 Å². The first-order chi connectivity index (χ1) is 10.6. The van der Waals surface area contributed by atoms with Gasteiger partial charge in [0.05, 0.1) is 16.8 Å². The van der Waals surface area contributed by atoms with Crippen LogP contribution in [0.4, 0.5) is 10.1 Å². The van der Waals surface area contributed by atoms with Gasteiger partial charge in [-0.25, -0.2) is 4.39 Å². The van der Waals surface area contributed by atoms with Gasteiger partial charge in [0, 0.05) is 18.9 Å². The maximum absolute atomic E-state index is 13.7. The third-order valence-electron chi connectivity index (χ3n) is 3.65. The average molecular weight is 303 g/mol. The molecule has 2 aromatic rings. The Bertz CT molecular complexity index is 751. The summed E-state index contributed by atoms with van der Waals surface area (Å²) in [5.74, 6) is -1.21. The van der Waals surface area contributed by atoms with E-state index in [0.717, 1.165) is 18.9 Å². The van der Waals surface area contributed by atoms with Crippen LogP contribution in [0, 0.1) is 5.82 Å². The van der Waals surface area contributed by atoms with Crippen molar-refractivity contribution in [1.82, 2.24) is 0 Å². The third kappa shape index (κ3) is 2.59. The Morgan fingerprint density at radius 3 is 2.82 bits per heavy atom. The zero-order valence-electron chi connectivity index (χ0n) is 11.7. The van der Waals surface area contributed by atoms with E-state index in [9.17, 15) is 14.0 Å². The van der Waals surface area contributed by atoms with Crippen LogP contribution in [0.5, 0.6) is 5.75 Å². The van der Waals surface area contributed by atoms with Crippen molar-refractivity contribution in [3.05, 3.63) is 47.2 Å². The van der Waals surface area contributed by atoms with Crippen molar-refractivity contribution in [3.8, 4) is 5.75 Å². The van der Waals surface area contributed by atoms with Crippen LogP contribution in [0.1, 0.15) is 45.7 Å². The number of benzene rings is 1. The van der Waals surface area contributed by atoms with E-state index in [2.05, 4.69) is 5.32 Å². The second-order valence-electron chi connectivity index (χ2n) is 5.20. The molecule has 0 unspecified atom stereocenters. The van der Waals surface area contributed by atoms with Gasteiger partial charge in [0.15, 0.2) is 5.78 Å². The summed E-state index contributed by atoms with van der Waals surface area (Å²) in [6.45, 7) is 0. The molecular weight excluding hydrogens is 289 g/mol. The van der Waals surface area contributed by atoms with Crippen LogP contribution in [0.2, 0.25) is 0 Å². The lowest BCUT2D eigenvalue weighted by atomic mass is 10.0. The molecule has 6 heteroatoms. The highest BCUT2D eigenvalue weighted by Gasteiger charge is 2.26. The maximum Gasteiger partial charge on any atom is 0.259 e. The van der Waals surface area contributed by atoms with Gasteiger partial charge in [0.25, 0.3) is 5.91 Å². The molecule has 114 valence electrons. The molecule has 0 saturated heterocycles. The first-order valence-electron chi connectivity index (χ1n) is 6.99. The summed E-state index contributed by atoms with van der Waals surface area (Å²) in [5, 5.41) is 11.6. The molecule has 1 aliphatic rings. The van der Waals surface area contributed by atoms with Gasteiger partial charge in [-0.1, -0.05) is 0 Å². The van der Waals surface area contributed by atoms with Gasteiger partial charge in [-0.2, -0.15) is 0 Å². The van der Waals surface area contributed by atoms with Crippen LogP contribution in [0.15, 0.2) is 28.9 Å². The number of hydrogen-bond acceptors (Lipinski definition) is 4. The number of ketones is 1. The van der Waals surface area contributed by atoms with Crippen molar-refractivity contribution in [3.63, 3.8) is 0 Å². The van der Waals surface area contributed by atoms with E-state index in [1.165, 1.54) is 18.4 Å². The summed E-state index contributed by atoms with van der Waals surface area (Å²) < 4.78 is 19.0. The number of aryl methyl sites for hydroxylation is 1. The second kappa shape index (κ2) is 5.63. The summed E-state index contributed by atoms with van der Waals surface area (Å²) in [7, 11) is 0. The fourth-order valence-corrected chi connectivity index (χ4v) is 2.55. The molecule has 0 radical (unpaired) electrons. The number of halogens is 1. The van der Waals surface area contributed by atoms with E-state index in [-0.39, 0.29) is 22.8 Å². The number of carbonyl (C=O) groups excluding carboxylic acids is 2. The van der Waals surface area contributed by atoms with E-state index >= 15 is 0 Å². The van der Waals surface area contributed by atoms with Gasteiger partial charge in [-0.3, -0.25) is 9.59 Å². The van der Waals surface area contributed by atoms with Crippen molar-refractivity contribution >= 4 is 17.4 Å². The molecule has 1 amide bonds. The quantitative estimate of drug-likeness (QED) is 0.659. The Morgan fingerprint density at radius 1 is 1.27 bits per heavy atom. The van der Waals surface area contributed by atoms with Gasteiger partial charge in [-0.15, -0.1) is 0 Å². The molecule has 0 spiro atoms. The fourth-order valence-electron chi connectivity index (χ4n) is 2.55. The number of rotatable bonds is 2. The number of aromatic hydroxyl groups is 1. The van der Waals surface area contributed by atoms with Crippen molar-refractivity contribution in [2.45, 2.75) is 25.7 Å². The fraction of sp³-hybridized carbons (Fsp3) is 0.250. The second-order valence-corrected chi connectivity index (χ2v) is 5.20. The molecule has 1 heterocycles. The zero-order chi connectivity index (χ0) is 15.7. The molecule has 22 heavy (non-hydrogen) atoms. The molecule has 0 bridgehead atoms. The lowest BCUT2D eigenvalue weighted by Crippen LogP contribution is -2.16. The Kier molecular flexibility index (Phi) is 3.66. The van der Waals surface area contributed by atoms with E-state index in [1.54, 1.807) is 0 Å². The molecule has 1 aliphatic carbocycles. The summed E-state index contributed by atoms with van der Waals surface area (Å²) in [6, 6.07) is 3.42. The summed E-state index contributed by atoms with van der Waals surface area (Å²) >= 11 is 0. The van der Waals surface area contributed by atoms with Crippen LogP contribution in [-0.4, -0.2) is 16.8 Å². The molecule has 0 fully saturated rings. The first-order valence-corrected chi connectivity index (χ1v) is 6.99. The topological polar surface area (TPSA) is 79.5 Å². The summed E-state index contributed by atoms with van der Waals surface area (Å²) in [6.07, 6.45) is 3.82. The number of nitrogens with one attached hydrogen (secondary N) is 1. The number of Topliss-reactive ketones (excluding diaryl/α,β-unsaturated/α-hetero) is 1. The maximum atomic E-state index is 13.7. The average Bonchev–Trinajstić information content (AvgIpc) is 2.82. The first kappa shape index (κ1) is 14.3. The summed E-state index contributed by atoms with van der Waals surface area (Å²) in [5.41, 5.74) is 0.349. The van der Waals surface area contributed by atoms with Crippen LogP contribution in [0.3, 0.4) is 0 Å². The van der Waals surface area contributed by atoms with Crippen molar-refractivity contribution in [2.24, 2.45) is 0 Å². The Hall–Kier alpha value is -2.63. The number of hydrogen-bond donors (Lipinski definition) is 2. The molecule has 2 N–H and O–H groups in total. The predicted octanol–water partition coefficient (Wildman–Crippen LogP) is 3.29. The minimum Gasteiger partial charge on any atom is -0.508 e. The third-order valence-corrected chi connectivity index (χ3v) is 3.65. The van der Waals surface area contributed by atoms with E-state index in [0.29, 0.717) is 24.2 Å². The molecule has 5 nitrogen and oxygen atoms in total. The smallest absolute Gasteiger partial charge is 0.259 e. The highest BCUT2D eigenvalue weighted by Crippen LogP contribution is 2.27. The molecule has 1 aromatic heterocycles. The van der Waals surface area contributed by atoms with Gasteiger partial charge < -0.3 is 14.8 Å². The van der Waals surface area contributed by atoms with E-state index in [1.807, 2.05) is 0 Å². The number of anilines is 1. The van der Waals surface area contributed by atoms with Crippen molar-refractivity contribution < 1.29 is 23.5 Å². The van der Waals surface area contributed by atoms with Crippen molar-refractivity contribution in [1.29, 1.82) is 0 Å². The van der Waals surface area contributed by atoms with Gasteiger partial charge in [0.1, 0.15) is 23.6 Å². The normalized spacial score (nSPS) is 14.3. The van der Waals surface area contributed by atoms with Crippen LogP contribution < -0.4 is 5.32 Å². The van der Waals surface area contributed by atoms with Crippen molar-refractivity contribution in [2.75, 3.05) is 5.32 Å². The van der Waals surface area contributed by atoms with Crippen LogP contribution >= 0.6 is 0 Å². The number of furan rings is 1. The molecule has 1 aromatic carbocycles. The lowest BCUT2D eigenvalue weighted by molar-refractivity contribution is 0.0964. The highest BCUT2D eigenvalue weighted by atomic mass is 19.1. The standard InChI is InChI=1S/C16H14FNO4/c17-11-7-9(19)5-6-12(11)18-16(21)10-8-22-14-4-2-1-3-13(20)15(10)14/h5-8,19H,1-4H2,(H,18,21). The summed E-state index contributed by atoms with van der Waals surface area (Å²) in [4.78, 5) is 24.4. The number of fused-ring (bicyclic) bond motifs is 1.